The van der Waals surface area contributed by atoms with Crippen molar-refractivity contribution in [3.8, 4) is 0 Å². The topological polar surface area (TPSA) is 64.6 Å². The Morgan fingerprint density at radius 2 is 2.00 bits per heavy atom. The molecule has 0 fully saturated rings. The first kappa shape index (κ1) is 16.5. The fraction of sp³-hybridized carbons (Fsp3) is 0.533. The third-order valence-electron chi connectivity index (χ3n) is 3.21. The van der Waals surface area contributed by atoms with E-state index in [1.807, 2.05) is 25.2 Å². The molecule has 0 bridgehead atoms. The van der Waals surface area contributed by atoms with Gasteiger partial charge in [-0.2, -0.15) is 0 Å². The van der Waals surface area contributed by atoms with Crippen LogP contribution in [0.5, 0.6) is 0 Å². The second-order valence-corrected chi connectivity index (χ2v) is 4.96. The molecule has 5 heteroatoms. The molecule has 2 amide bonds. The van der Waals surface area contributed by atoms with Crippen LogP contribution < -0.4 is 10.6 Å². The van der Waals surface area contributed by atoms with E-state index < -0.39 is 0 Å². The summed E-state index contributed by atoms with van der Waals surface area (Å²) < 4.78 is 0. The van der Waals surface area contributed by atoms with Crippen LogP contribution in [0.15, 0.2) is 30.3 Å². The van der Waals surface area contributed by atoms with E-state index in [-0.39, 0.29) is 18.7 Å². The lowest BCUT2D eigenvalue weighted by Gasteiger charge is -2.25. The molecule has 0 aliphatic rings. The van der Waals surface area contributed by atoms with Crippen molar-refractivity contribution in [2.24, 2.45) is 0 Å². The molecule has 0 aliphatic heterocycles. The highest BCUT2D eigenvalue weighted by Crippen LogP contribution is 2.05. The van der Waals surface area contributed by atoms with Crippen LogP contribution in [-0.4, -0.2) is 48.8 Å². The zero-order valence-corrected chi connectivity index (χ0v) is 12.3. The molecule has 5 nitrogen and oxygen atoms in total. The molecular weight excluding hydrogens is 254 g/mol. The number of nitrogens with zero attached hydrogens (tertiary/aromatic N) is 1. The predicted octanol–water partition coefficient (Wildman–Crippen LogP) is 1.19. The SMILES string of the molecule is CC(CNC(=O)NCCCO)N(C)Cc1ccccc1. The number of urea groups is 1. The fourth-order valence-corrected chi connectivity index (χ4v) is 1.77. The average molecular weight is 279 g/mol. The Morgan fingerprint density at radius 3 is 2.65 bits per heavy atom. The molecule has 20 heavy (non-hydrogen) atoms. The third kappa shape index (κ3) is 6.54. The molecule has 1 atom stereocenters. The molecule has 0 spiro atoms. The Morgan fingerprint density at radius 1 is 1.30 bits per heavy atom. The fourth-order valence-electron chi connectivity index (χ4n) is 1.77. The van der Waals surface area contributed by atoms with Gasteiger partial charge in [0, 0.05) is 32.3 Å². The molecule has 0 radical (unpaired) electrons. The van der Waals surface area contributed by atoms with Crippen LogP contribution in [0, 0.1) is 0 Å². The summed E-state index contributed by atoms with van der Waals surface area (Å²) in [5.41, 5.74) is 1.26. The number of hydrogen-bond donors (Lipinski definition) is 3. The van der Waals surface area contributed by atoms with Crippen LogP contribution in [0.25, 0.3) is 0 Å². The Balaban J connectivity index is 2.24. The second-order valence-electron chi connectivity index (χ2n) is 4.96. The maximum atomic E-state index is 11.5. The van der Waals surface area contributed by atoms with Crippen molar-refractivity contribution in [2.75, 3.05) is 26.7 Å². The van der Waals surface area contributed by atoms with E-state index in [1.54, 1.807) is 0 Å². The van der Waals surface area contributed by atoms with E-state index in [1.165, 1.54) is 5.56 Å². The summed E-state index contributed by atoms with van der Waals surface area (Å²) in [6.07, 6.45) is 0.580. The van der Waals surface area contributed by atoms with Crippen LogP contribution in [0.1, 0.15) is 18.9 Å². The molecule has 3 N–H and O–H groups in total. The monoisotopic (exact) mass is 279 g/mol. The Bertz CT molecular complexity index is 384. The molecule has 0 saturated carbocycles. The number of nitrogens with one attached hydrogen (secondary N) is 2. The first-order valence-electron chi connectivity index (χ1n) is 7.00. The van der Waals surface area contributed by atoms with Crippen LogP contribution in [0.2, 0.25) is 0 Å². The lowest BCUT2D eigenvalue weighted by Crippen LogP contribution is -2.44. The lowest BCUT2D eigenvalue weighted by atomic mass is 10.2. The van der Waals surface area contributed by atoms with Gasteiger partial charge in [0.25, 0.3) is 0 Å². The molecular formula is C15H25N3O2. The summed E-state index contributed by atoms with van der Waals surface area (Å²) >= 11 is 0. The number of rotatable bonds is 8. The van der Waals surface area contributed by atoms with Crippen molar-refractivity contribution in [2.45, 2.75) is 25.9 Å². The van der Waals surface area contributed by atoms with Crippen LogP contribution in [-0.2, 0) is 6.54 Å². The molecule has 0 aliphatic carbocycles. The molecule has 1 unspecified atom stereocenters. The normalized spacial score (nSPS) is 12.2. The molecule has 1 rings (SSSR count). The van der Waals surface area contributed by atoms with Crippen LogP contribution in [0.4, 0.5) is 4.79 Å². The number of carbonyl (C=O) groups is 1. The van der Waals surface area contributed by atoms with Gasteiger partial charge in [0.15, 0.2) is 0 Å². The van der Waals surface area contributed by atoms with E-state index >= 15 is 0 Å². The lowest BCUT2D eigenvalue weighted by molar-refractivity contribution is 0.222. The highest BCUT2D eigenvalue weighted by molar-refractivity contribution is 5.73. The first-order valence-corrected chi connectivity index (χ1v) is 7.00. The highest BCUT2D eigenvalue weighted by Gasteiger charge is 2.10. The minimum absolute atomic E-state index is 0.0937. The largest absolute Gasteiger partial charge is 0.396 e. The number of likely N-dealkylation sites (N-methyl/N-ethyl adjacent to an activating group) is 1. The van der Waals surface area contributed by atoms with Gasteiger partial charge in [-0.3, -0.25) is 4.90 Å². The van der Waals surface area contributed by atoms with Crippen molar-refractivity contribution < 1.29 is 9.90 Å². The quantitative estimate of drug-likeness (QED) is 0.626. The maximum absolute atomic E-state index is 11.5. The zero-order valence-electron chi connectivity index (χ0n) is 12.3. The average Bonchev–Trinajstić information content (AvgIpc) is 2.46. The summed E-state index contributed by atoms with van der Waals surface area (Å²) in [5.74, 6) is 0. The van der Waals surface area contributed by atoms with E-state index in [0.29, 0.717) is 19.5 Å². The number of carbonyl (C=O) groups excluding carboxylic acids is 1. The van der Waals surface area contributed by atoms with E-state index in [0.717, 1.165) is 6.54 Å². The van der Waals surface area contributed by atoms with E-state index in [2.05, 4.69) is 34.6 Å². The van der Waals surface area contributed by atoms with Gasteiger partial charge in [-0.05, 0) is 26.0 Å². The maximum Gasteiger partial charge on any atom is 0.314 e. The number of aliphatic hydroxyl groups excluding tert-OH is 1. The Hall–Kier alpha value is -1.59. The van der Waals surface area contributed by atoms with Gasteiger partial charge < -0.3 is 15.7 Å². The number of aliphatic hydroxyl groups is 1. The predicted molar refractivity (Wildman–Crippen MR) is 80.5 cm³/mol. The molecule has 112 valence electrons. The van der Waals surface area contributed by atoms with Gasteiger partial charge >= 0.3 is 6.03 Å². The summed E-state index contributed by atoms with van der Waals surface area (Å²) in [7, 11) is 2.04. The smallest absolute Gasteiger partial charge is 0.314 e. The summed E-state index contributed by atoms with van der Waals surface area (Å²) in [6, 6.07) is 10.3. The molecule has 0 heterocycles. The van der Waals surface area contributed by atoms with Gasteiger partial charge in [0.05, 0.1) is 0 Å². The van der Waals surface area contributed by atoms with Crippen molar-refractivity contribution in [3.05, 3.63) is 35.9 Å². The summed E-state index contributed by atoms with van der Waals surface area (Å²) in [5, 5.41) is 14.2. The molecule has 0 aromatic heterocycles. The molecule has 0 saturated heterocycles. The number of hydrogen-bond acceptors (Lipinski definition) is 3. The minimum atomic E-state index is -0.182. The second kappa shape index (κ2) is 9.34. The Kier molecular flexibility index (Phi) is 7.69. The highest BCUT2D eigenvalue weighted by atomic mass is 16.3. The molecule has 1 aromatic rings. The van der Waals surface area contributed by atoms with Gasteiger partial charge in [0.2, 0.25) is 0 Å². The van der Waals surface area contributed by atoms with Crippen molar-refractivity contribution >= 4 is 6.03 Å². The van der Waals surface area contributed by atoms with Crippen molar-refractivity contribution in [1.29, 1.82) is 0 Å². The standard InChI is InChI=1S/C15H25N3O2/c1-13(11-17-15(20)16-9-6-10-19)18(2)12-14-7-4-3-5-8-14/h3-5,7-8,13,19H,6,9-12H2,1-2H3,(H2,16,17,20). The van der Waals surface area contributed by atoms with Gasteiger partial charge in [-0.15, -0.1) is 0 Å². The molecule has 1 aromatic carbocycles. The summed E-state index contributed by atoms with van der Waals surface area (Å²) in [4.78, 5) is 13.7. The minimum Gasteiger partial charge on any atom is -0.396 e. The van der Waals surface area contributed by atoms with Crippen molar-refractivity contribution in [1.82, 2.24) is 15.5 Å². The van der Waals surface area contributed by atoms with Gasteiger partial charge in [-0.1, -0.05) is 30.3 Å². The zero-order chi connectivity index (χ0) is 14.8. The third-order valence-corrected chi connectivity index (χ3v) is 3.21. The first-order chi connectivity index (χ1) is 9.63. The van der Waals surface area contributed by atoms with Crippen LogP contribution >= 0.6 is 0 Å². The van der Waals surface area contributed by atoms with E-state index in [4.69, 9.17) is 5.11 Å². The summed E-state index contributed by atoms with van der Waals surface area (Å²) in [6.45, 7) is 4.12. The number of benzene rings is 1. The van der Waals surface area contributed by atoms with Gasteiger partial charge in [-0.25, -0.2) is 4.79 Å². The van der Waals surface area contributed by atoms with Crippen LogP contribution in [0.3, 0.4) is 0 Å². The van der Waals surface area contributed by atoms with Crippen molar-refractivity contribution in [3.63, 3.8) is 0 Å². The van der Waals surface area contributed by atoms with E-state index in [9.17, 15) is 4.79 Å². The Labute approximate surface area is 121 Å². The van der Waals surface area contributed by atoms with Gasteiger partial charge in [0.1, 0.15) is 0 Å². The number of amides is 2.